The smallest absolute Gasteiger partial charge is 0.336 e. The largest absolute Gasteiger partial charge is 0.478 e. The highest BCUT2D eigenvalue weighted by atomic mass is 16.5. The van der Waals surface area contributed by atoms with E-state index in [2.05, 4.69) is 14.9 Å². The minimum absolute atomic E-state index is 0.245. The number of methoxy groups -OCH3 is 1. The third-order valence-electron chi connectivity index (χ3n) is 4.62. The van der Waals surface area contributed by atoms with Gasteiger partial charge in [-0.05, 0) is 31.4 Å². The summed E-state index contributed by atoms with van der Waals surface area (Å²) >= 11 is 0. The second kappa shape index (κ2) is 8.18. The average Bonchev–Trinajstić information content (AvgIpc) is 3.08. The minimum atomic E-state index is -0.955. The summed E-state index contributed by atoms with van der Waals surface area (Å²) in [6, 6.07) is 6.87. The van der Waals surface area contributed by atoms with E-state index in [1.807, 2.05) is 6.07 Å². The number of nitrogens with zero attached hydrogens (tertiary/aromatic N) is 3. The Morgan fingerprint density at radius 3 is 2.88 bits per heavy atom. The fourth-order valence-corrected chi connectivity index (χ4v) is 3.29. The van der Waals surface area contributed by atoms with Gasteiger partial charge < -0.3 is 14.7 Å². The van der Waals surface area contributed by atoms with Gasteiger partial charge in [-0.3, -0.25) is 9.97 Å². The lowest BCUT2D eigenvalue weighted by molar-refractivity contribution is 0.0697. The second-order valence-electron chi connectivity index (χ2n) is 6.40. The summed E-state index contributed by atoms with van der Waals surface area (Å²) in [5, 5.41) is 9.30. The Hall–Kier alpha value is -2.31. The number of carboxylic acids is 1. The first kappa shape index (κ1) is 17.5. The van der Waals surface area contributed by atoms with Gasteiger partial charge in [-0.15, -0.1) is 0 Å². The number of hydrogen-bond donors (Lipinski definition) is 1. The summed E-state index contributed by atoms with van der Waals surface area (Å²) in [5.41, 5.74) is 2.39. The highest BCUT2D eigenvalue weighted by Crippen LogP contribution is 2.23. The summed E-state index contributed by atoms with van der Waals surface area (Å²) in [4.78, 5) is 22.7. The van der Waals surface area contributed by atoms with Crippen LogP contribution in [0.25, 0.3) is 11.3 Å². The van der Waals surface area contributed by atoms with Gasteiger partial charge in [0, 0.05) is 32.0 Å². The lowest BCUT2D eigenvalue weighted by Gasteiger charge is -2.15. The molecule has 6 nitrogen and oxygen atoms in total. The number of carboxylic acid groups (broad SMARTS) is 1. The SMILES string of the molecule is COCCN1CC[C@@H](Cc2cnc(-c3ccccc3C(=O)O)cn2)C1. The number of aromatic nitrogens is 2. The van der Waals surface area contributed by atoms with Crippen LogP contribution in [-0.2, 0) is 11.2 Å². The van der Waals surface area contributed by atoms with Crippen molar-refractivity contribution in [1.82, 2.24) is 14.9 Å². The van der Waals surface area contributed by atoms with Gasteiger partial charge in [0.05, 0.1) is 29.8 Å². The van der Waals surface area contributed by atoms with Crippen LogP contribution in [0, 0.1) is 5.92 Å². The molecule has 1 aromatic heterocycles. The molecule has 3 rings (SSSR count). The van der Waals surface area contributed by atoms with Crippen LogP contribution < -0.4 is 0 Å². The maximum atomic E-state index is 11.3. The molecule has 0 saturated carbocycles. The molecule has 0 spiro atoms. The maximum Gasteiger partial charge on any atom is 0.336 e. The standard InChI is InChI=1S/C19H23N3O3/c1-25-9-8-22-7-6-14(13-22)10-15-11-21-18(12-20-15)16-4-2-3-5-17(16)19(23)24/h2-5,11-12,14H,6-10,13H2,1H3,(H,23,24)/t14-/m0/s1. The lowest BCUT2D eigenvalue weighted by atomic mass is 10.0. The highest BCUT2D eigenvalue weighted by molar-refractivity contribution is 5.95. The summed E-state index contributed by atoms with van der Waals surface area (Å²) < 4.78 is 5.13. The number of carbonyl (C=O) groups is 1. The molecule has 0 radical (unpaired) electrons. The van der Waals surface area contributed by atoms with Gasteiger partial charge in [-0.1, -0.05) is 18.2 Å². The first-order valence-corrected chi connectivity index (χ1v) is 8.52. The normalized spacial score (nSPS) is 17.7. The van der Waals surface area contributed by atoms with Gasteiger partial charge in [0.15, 0.2) is 0 Å². The van der Waals surface area contributed by atoms with E-state index >= 15 is 0 Å². The van der Waals surface area contributed by atoms with Crippen molar-refractivity contribution < 1.29 is 14.6 Å². The molecule has 1 fully saturated rings. The van der Waals surface area contributed by atoms with E-state index in [4.69, 9.17) is 4.74 Å². The Morgan fingerprint density at radius 1 is 1.32 bits per heavy atom. The number of aromatic carboxylic acids is 1. The zero-order valence-electron chi connectivity index (χ0n) is 14.4. The van der Waals surface area contributed by atoms with Gasteiger partial charge in [-0.2, -0.15) is 0 Å². The van der Waals surface area contributed by atoms with Crippen LogP contribution in [-0.4, -0.2) is 59.3 Å². The Bertz CT molecular complexity index is 718. The molecule has 1 aromatic carbocycles. The van der Waals surface area contributed by atoms with Crippen LogP contribution in [0.3, 0.4) is 0 Å². The van der Waals surface area contributed by atoms with Crippen molar-refractivity contribution in [2.24, 2.45) is 5.92 Å². The second-order valence-corrected chi connectivity index (χ2v) is 6.40. The van der Waals surface area contributed by atoms with Crippen molar-refractivity contribution in [1.29, 1.82) is 0 Å². The quantitative estimate of drug-likeness (QED) is 0.833. The molecule has 6 heteroatoms. The zero-order chi connectivity index (χ0) is 17.6. The Labute approximate surface area is 147 Å². The van der Waals surface area contributed by atoms with Crippen molar-refractivity contribution in [3.05, 3.63) is 47.9 Å². The van der Waals surface area contributed by atoms with Crippen LogP contribution in [0.15, 0.2) is 36.7 Å². The van der Waals surface area contributed by atoms with Crippen molar-refractivity contribution >= 4 is 5.97 Å². The molecule has 1 N–H and O–H groups in total. The Kier molecular flexibility index (Phi) is 5.73. The summed E-state index contributed by atoms with van der Waals surface area (Å²) in [6.45, 7) is 3.91. The molecule has 25 heavy (non-hydrogen) atoms. The number of rotatable bonds is 7. The summed E-state index contributed by atoms with van der Waals surface area (Å²) in [5.74, 6) is -0.369. The van der Waals surface area contributed by atoms with E-state index in [0.29, 0.717) is 17.2 Å². The van der Waals surface area contributed by atoms with Gasteiger partial charge >= 0.3 is 5.97 Å². The van der Waals surface area contributed by atoms with Crippen molar-refractivity contribution in [2.75, 3.05) is 33.4 Å². The van der Waals surface area contributed by atoms with Crippen molar-refractivity contribution in [3.8, 4) is 11.3 Å². The van der Waals surface area contributed by atoms with Gasteiger partial charge in [-0.25, -0.2) is 4.79 Å². The number of ether oxygens (including phenoxy) is 1. The lowest BCUT2D eigenvalue weighted by Crippen LogP contribution is -2.25. The third-order valence-corrected chi connectivity index (χ3v) is 4.62. The molecule has 1 atom stereocenters. The Balaban J connectivity index is 1.65. The van der Waals surface area contributed by atoms with Crippen LogP contribution in [0.5, 0.6) is 0 Å². The number of benzene rings is 1. The molecule has 1 aliphatic rings. The first-order chi connectivity index (χ1) is 12.2. The van der Waals surface area contributed by atoms with Gasteiger partial charge in [0.25, 0.3) is 0 Å². The molecule has 0 aliphatic carbocycles. The number of hydrogen-bond acceptors (Lipinski definition) is 5. The summed E-state index contributed by atoms with van der Waals surface area (Å²) in [6.07, 6.45) is 5.51. The maximum absolute atomic E-state index is 11.3. The average molecular weight is 341 g/mol. The predicted octanol–water partition coefficient (Wildman–Crippen LogP) is 2.35. The van der Waals surface area contributed by atoms with E-state index in [9.17, 15) is 9.90 Å². The molecule has 0 bridgehead atoms. The van der Waals surface area contributed by atoms with Crippen LogP contribution in [0.4, 0.5) is 0 Å². The molecule has 1 saturated heterocycles. The highest BCUT2D eigenvalue weighted by Gasteiger charge is 2.22. The van der Waals surface area contributed by atoms with E-state index in [1.54, 1.807) is 37.7 Å². The van der Waals surface area contributed by atoms with E-state index in [0.717, 1.165) is 44.8 Å². The Morgan fingerprint density at radius 2 is 2.16 bits per heavy atom. The fraction of sp³-hybridized carbons (Fsp3) is 0.421. The zero-order valence-corrected chi connectivity index (χ0v) is 14.4. The molecule has 1 aliphatic heterocycles. The van der Waals surface area contributed by atoms with Gasteiger partial charge in [0.1, 0.15) is 0 Å². The topological polar surface area (TPSA) is 75.5 Å². The predicted molar refractivity (Wildman–Crippen MR) is 94.6 cm³/mol. The fourth-order valence-electron chi connectivity index (χ4n) is 3.29. The molecule has 132 valence electrons. The minimum Gasteiger partial charge on any atom is -0.478 e. The van der Waals surface area contributed by atoms with Crippen molar-refractivity contribution in [2.45, 2.75) is 12.8 Å². The summed E-state index contributed by atoms with van der Waals surface area (Å²) in [7, 11) is 1.73. The van der Waals surface area contributed by atoms with Crippen LogP contribution >= 0.6 is 0 Å². The molecule has 2 heterocycles. The van der Waals surface area contributed by atoms with Gasteiger partial charge in [0.2, 0.25) is 0 Å². The number of likely N-dealkylation sites (tertiary alicyclic amines) is 1. The molecular weight excluding hydrogens is 318 g/mol. The molecule has 0 unspecified atom stereocenters. The van der Waals surface area contributed by atoms with E-state index in [1.165, 1.54) is 0 Å². The molecular formula is C19H23N3O3. The molecule has 0 amide bonds. The third kappa shape index (κ3) is 4.41. The monoisotopic (exact) mass is 341 g/mol. The molecule has 2 aromatic rings. The van der Waals surface area contributed by atoms with E-state index in [-0.39, 0.29) is 5.56 Å². The van der Waals surface area contributed by atoms with Crippen LogP contribution in [0.2, 0.25) is 0 Å². The van der Waals surface area contributed by atoms with E-state index < -0.39 is 5.97 Å². The van der Waals surface area contributed by atoms with Crippen molar-refractivity contribution in [3.63, 3.8) is 0 Å². The van der Waals surface area contributed by atoms with Crippen LogP contribution in [0.1, 0.15) is 22.5 Å². The first-order valence-electron chi connectivity index (χ1n) is 8.52.